The van der Waals surface area contributed by atoms with E-state index in [2.05, 4.69) is 0 Å². The van der Waals surface area contributed by atoms with E-state index in [0.29, 0.717) is 0 Å². The van der Waals surface area contributed by atoms with Crippen LogP contribution in [0.4, 0.5) is 0 Å². The largest absolute Gasteiger partial charge is 3.00 e. The molecule has 0 aromatic rings. The first-order chi connectivity index (χ1) is 0. The predicted molar refractivity (Wildman–Crippen MR) is 1.37 cm³/mol. The molecule has 0 saturated carbocycles. The van der Waals surface area contributed by atoms with Crippen LogP contribution in [-0.2, 0) is 64.9 Å². The van der Waals surface area contributed by atoms with Crippen molar-refractivity contribution in [2.45, 2.75) is 0 Å². The summed E-state index contributed by atoms with van der Waals surface area (Å²) in [7, 11) is 0. The van der Waals surface area contributed by atoms with Gasteiger partial charge in [-0.1, -0.05) is 0 Å². The van der Waals surface area contributed by atoms with Crippen molar-refractivity contribution in [1.29, 1.82) is 0 Å². The molecule has 0 aliphatic rings. The van der Waals surface area contributed by atoms with Gasteiger partial charge in [0.05, 0.1) is 0 Å². The summed E-state index contributed by atoms with van der Waals surface area (Å²) in [6, 6.07) is 0. The summed E-state index contributed by atoms with van der Waals surface area (Å²) >= 11 is 0. The molecule has 0 aromatic carbocycles. The third-order valence-electron chi connectivity index (χ3n) is 0. The van der Waals surface area contributed by atoms with Crippen molar-refractivity contribution in [3.63, 3.8) is 0 Å². The van der Waals surface area contributed by atoms with Crippen molar-refractivity contribution < 1.29 is 64.9 Å². The van der Waals surface area contributed by atoms with E-state index in [0.717, 1.165) is 0 Å². The van der Waals surface area contributed by atoms with Crippen LogP contribution in [0.3, 0.4) is 0 Å². The van der Waals surface area contributed by atoms with Crippen LogP contribution in [0.15, 0.2) is 0 Å². The molecule has 0 amide bonds. The Morgan fingerprint density at radius 2 is 0.800 bits per heavy atom. The average Bonchev–Trinajstić information content (AvgIpc) is 0. The molecule has 0 unspecified atom stereocenters. The maximum Gasteiger partial charge on any atom is 3.00 e. The van der Waals surface area contributed by atoms with Crippen LogP contribution < -0.4 is 0 Å². The van der Waals surface area contributed by atoms with E-state index in [9.17, 15) is 0 Å². The van der Waals surface area contributed by atoms with Crippen LogP contribution in [0.1, 0.15) is 0 Å². The van der Waals surface area contributed by atoms with Gasteiger partial charge < -0.3 is 11.0 Å². The quantitative estimate of drug-likeness (QED) is 0.498. The van der Waals surface area contributed by atoms with Crippen LogP contribution in [0.5, 0.6) is 0 Å². The first-order valence-electron chi connectivity index (χ1n) is 0. The monoisotopic (exact) mass is 211 g/mol. The van der Waals surface area contributed by atoms with E-state index >= 15 is 0 Å². The molecule has 0 fully saturated rings. The van der Waals surface area contributed by atoms with Gasteiger partial charge in [-0.05, 0) is 0 Å². The Hall–Kier alpha value is 1.60. The molecule has 2 nitrogen and oxygen atoms in total. The van der Waals surface area contributed by atoms with Gasteiger partial charge in [0.2, 0.25) is 0 Å². The summed E-state index contributed by atoms with van der Waals surface area (Å²) < 4.78 is 0. The second-order valence-corrected chi connectivity index (χ2v) is 0. The Morgan fingerprint density at radius 3 is 0.800 bits per heavy atom. The molecular weight excluding hydrogens is 213 g/mol. The van der Waals surface area contributed by atoms with E-state index < -0.39 is 0 Å². The molecular formula is CrCuO2Zn+3. The number of hydrogen-bond acceptors (Lipinski definition) is 0. The van der Waals surface area contributed by atoms with Gasteiger partial charge in [-0.2, -0.15) is 0 Å². The van der Waals surface area contributed by atoms with Crippen molar-refractivity contribution in [2.75, 3.05) is 0 Å². The number of rotatable bonds is 0. The first-order valence-corrected chi connectivity index (χ1v) is 0. The van der Waals surface area contributed by atoms with E-state index in [1.54, 1.807) is 0 Å². The minimum atomic E-state index is 0. The van der Waals surface area contributed by atoms with Gasteiger partial charge in [-0.3, -0.25) is 0 Å². The summed E-state index contributed by atoms with van der Waals surface area (Å²) in [5.41, 5.74) is 0. The molecule has 2 radical (unpaired) electrons. The van der Waals surface area contributed by atoms with E-state index in [4.69, 9.17) is 0 Å². The number of hydrogen-bond donors (Lipinski definition) is 0. The van der Waals surface area contributed by atoms with Crippen molar-refractivity contribution in [1.82, 2.24) is 0 Å². The molecule has 0 aliphatic heterocycles. The fraction of sp³-hybridized carbons (Fsp3) is 0. The standard InChI is InChI=1S/Cr.Cu.2O.Zn/q+3;+2;2*-2;+2. The predicted octanol–water partition coefficient (Wildman–Crippen LogP) is -0.245. The molecule has 28 valence electrons. The fourth-order valence-electron chi connectivity index (χ4n) is 0. The Balaban J connectivity index is 0. The topological polar surface area (TPSA) is 57.0 Å². The maximum atomic E-state index is 0. The van der Waals surface area contributed by atoms with Crippen molar-refractivity contribution >= 4 is 0 Å². The zero-order valence-electron chi connectivity index (χ0n) is 2.23. The van der Waals surface area contributed by atoms with Crippen molar-refractivity contribution in [3.8, 4) is 0 Å². The van der Waals surface area contributed by atoms with E-state index in [1.165, 1.54) is 0 Å². The molecule has 0 saturated heterocycles. The van der Waals surface area contributed by atoms with Crippen LogP contribution >= 0.6 is 0 Å². The van der Waals surface area contributed by atoms with E-state index in [1.807, 2.05) is 0 Å². The fourth-order valence-corrected chi connectivity index (χ4v) is 0. The third-order valence-corrected chi connectivity index (χ3v) is 0. The Bertz CT molecular complexity index is 9.61. The molecule has 0 aliphatic carbocycles. The molecule has 0 N–H and O–H groups in total. The molecule has 0 heterocycles. The molecule has 5 heavy (non-hydrogen) atoms. The molecule has 0 atom stereocenters. The Kier molecular flexibility index (Phi) is 753. The Labute approximate surface area is 64.7 Å². The van der Waals surface area contributed by atoms with E-state index in [-0.39, 0.29) is 64.9 Å². The second-order valence-electron chi connectivity index (χ2n) is 0. The average molecular weight is 213 g/mol. The summed E-state index contributed by atoms with van der Waals surface area (Å²) in [6.45, 7) is 0. The smallest absolute Gasteiger partial charge is 2.00 e. The van der Waals surface area contributed by atoms with Crippen molar-refractivity contribution in [2.24, 2.45) is 0 Å². The van der Waals surface area contributed by atoms with Gasteiger partial charge >= 0.3 is 53.9 Å². The molecule has 0 rings (SSSR count). The molecule has 0 spiro atoms. The zero-order valence-corrected chi connectivity index (χ0v) is 7.42. The minimum absolute atomic E-state index is 0. The van der Waals surface area contributed by atoms with Gasteiger partial charge in [0, 0.05) is 0 Å². The SMILES string of the molecule is [Cr+3].[Cu+2].[O-2].[O-2].[Zn+2]. The van der Waals surface area contributed by atoms with Gasteiger partial charge in [0.15, 0.2) is 0 Å². The first kappa shape index (κ1) is 81.1. The maximum absolute atomic E-state index is 0. The molecule has 0 bridgehead atoms. The normalized spacial score (nSPS) is 0. The van der Waals surface area contributed by atoms with Gasteiger partial charge in [0.25, 0.3) is 0 Å². The summed E-state index contributed by atoms with van der Waals surface area (Å²) in [5.74, 6) is 0. The van der Waals surface area contributed by atoms with Crippen LogP contribution in [-0.4, -0.2) is 0 Å². The van der Waals surface area contributed by atoms with Crippen LogP contribution in [0.25, 0.3) is 0 Å². The Morgan fingerprint density at radius 1 is 0.800 bits per heavy atom. The summed E-state index contributed by atoms with van der Waals surface area (Å²) in [6.07, 6.45) is 0. The van der Waals surface area contributed by atoms with Gasteiger partial charge in [0.1, 0.15) is 0 Å². The second kappa shape index (κ2) is 46.4. The minimum Gasteiger partial charge on any atom is -2.00 e. The zero-order chi connectivity index (χ0) is 0. The van der Waals surface area contributed by atoms with Crippen molar-refractivity contribution in [3.05, 3.63) is 0 Å². The van der Waals surface area contributed by atoms with Crippen LogP contribution in [0, 0.1) is 0 Å². The molecule has 5 heteroatoms. The van der Waals surface area contributed by atoms with Gasteiger partial charge in [-0.15, -0.1) is 0 Å². The van der Waals surface area contributed by atoms with Gasteiger partial charge in [-0.25, -0.2) is 0 Å². The van der Waals surface area contributed by atoms with Crippen LogP contribution in [0.2, 0.25) is 0 Å². The summed E-state index contributed by atoms with van der Waals surface area (Å²) in [4.78, 5) is 0. The molecule has 0 aromatic heterocycles. The third kappa shape index (κ3) is 28.4. The summed E-state index contributed by atoms with van der Waals surface area (Å²) in [5, 5.41) is 0.